The molecule has 0 radical (unpaired) electrons. The average molecular weight is 249 g/mol. The van der Waals surface area contributed by atoms with Crippen LogP contribution in [0, 0.1) is 0 Å². The highest BCUT2D eigenvalue weighted by Crippen LogP contribution is 2.14. The number of likely N-dealkylation sites (N-methyl/N-ethyl adjacent to an activating group) is 1. The highest BCUT2D eigenvalue weighted by atomic mass is 16.5. The van der Waals surface area contributed by atoms with Gasteiger partial charge in [-0.2, -0.15) is 0 Å². The molecule has 0 spiro atoms. The second-order valence-corrected chi connectivity index (χ2v) is 4.90. The van der Waals surface area contributed by atoms with Crippen LogP contribution in [0.4, 0.5) is 5.69 Å². The van der Waals surface area contributed by atoms with Crippen LogP contribution >= 0.6 is 0 Å². The van der Waals surface area contributed by atoms with E-state index in [2.05, 4.69) is 35.2 Å². The standard InChI is InChI=1S/C14H23N3O/c1-3-15-12-6-7-16-13(9-12)10-17(2)11-14-5-4-8-18-14/h6-7,9,14H,3-5,8,10-11H2,1-2H3,(H,15,16). The molecule has 100 valence electrons. The lowest BCUT2D eigenvalue weighted by molar-refractivity contribution is 0.0790. The summed E-state index contributed by atoms with van der Waals surface area (Å²) in [6, 6.07) is 4.13. The van der Waals surface area contributed by atoms with Crippen LogP contribution in [0.1, 0.15) is 25.5 Å². The van der Waals surface area contributed by atoms with Gasteiger partial charge in [-0.25, -0.2) is 0 Å². The molecule has 1 saturated heterocycles. The maximum absolute atomic E-state index is 5.65. The summed E-state index contributed by atoms with van der Waals surface area (Å²) in [5.41, 5.74) is 2.25. The lowest BCUT2D eigenvalue weighted by atomic mass is 10.2. The van der Waals surface area contributed by atoms with Crippen molar-refractivity contribution in [3.63, 3.8) is 0 Å². The van der Waals surface area contributed by atoms with Crippen LogP contribution in [0.5, 0.6) is 0 Å². The number of hydrogen-bond acceptors (Lipinski definition) is 4. The van der Waals surface area contributed by atoms with Gasteiger partial charge >= 0.3 is 0 Å². The van der Waals surface area contributed by atoms with Gasteiger partial charge in [-0.05, 0) is 38.9 Å². The topological polar surface area (TPSA) is 37.4 Å². The van der Waals surface area contributed by atoms with E-state index in [4.69, 9.17) is 4.74 Å². The van der Waals surface area contributed by atoms with Crippen LogP contribution in [0.2, 0.25) is 0 Å². The smallest absolute Gasteiger partial charge is 0.0702 e. The van der Waals surface area contributed by atoms with Crippen molar-refractivity contribution in [2.75, 3.05) is 32.1 Å². The Morgan fingerprint density at radius 3 is 3.17 bits per heavy atom. The Bertz CT molecular complexity index is 364. The molecular weight excluding hydrogens is 226 g/mol. The maximum Gasteiger partial charge on any atom is 0.0702 e. The van der Waals surface area contributed by atoms with Gasteiger partial charge in [0.2, 0.25) is 0 Å². The summed E-state index contributed by atoms with van der Waals surface area (Å²) in [6.45, 7) is 5.83. The minimum absolute atomic E-state index is 0.409. The number of rotatable bonds is 6. The monoisotopic (exact) mass is 249 g/mol. The van der Waals surface area contributed by atoms with Crippen LogP contribution in [0.15, 0.2) is 18.3 Å². The number of ether oxygens (including phenoxy) is 1. The Hall–Kier alpha value is -1.13. The van der Waals surface area contributed by atoms with Gasteiger partial charge in [-0.3, -0.25) is 9.88 Å². The number of anilines is 1. The number of nitrogens with one attached hydrogen (secondary N) is 1. The van der Waals surface area contributed by atoms with Crippen molar-refractivity contribution in [3.05, 3.63) is 24.0 Å². The Kier molecular flexibility index (Phi) is 4.96. The molecule has 1 fully saturated rings. The molecule has 1 N–H and O–H groups in total. The summed E-state index contributed by atoms with van der Waals surface area (Å²) >= 11 is 0. The highest BCUT2D eigenvalue weighted by molar-refractivity contribution is 5.42. The first-order valence-corrected chi connectivity index (χ1v) is 6.77. The van der Waals surface area contributed by atoms with Crippen molar-refractivity contribution in [2.45, 2.75) is 32.4 Å². The quantitative estimate of drug-likeness (QED) is 0.838. The molecule has 4 heteroatoms. The first-order valence-electron chi connectivity index (χ1n) is 6.77. The third-order valence-electron chi connectivity index (χ3n) is 3.17. The second-order valence-electron chi connectivity index (χ2n) is 4.90. The summed E-state index contributed by atoms with van der Waals surface area (Å²) in [5.74, 6) is 0. The SMILES string of the molecule is CCNc1ccnc(CN(C)CC2CCCO2)c1. The molecule has 1 aliphatic heterocycles. The zero-order chi connectivity index (χ0) is 12.8. The van der Waals surface area contributed by atoms with Crippen molar-refractivity contribution in [2.24, 2.45) is 0 Å². The zero-order valence-electron chi connectivity index (χ0n) is 11.4. The van der Waals surface area contributed by atoms with E-state index in [0.29, 0.717) is 6.10 Å². The van der Waals surface area contributed by atoms with Crippen molar-refractivity contribution >= 4 is 5.69 Å². The molecule has 1 aliphatic rings. The molecule has 4 nitrogen and oxygen atoms in total. The predicted molar refractivity (Wildman–Crippen MR) is 73.7 cm³/mol. The van der Waals surface area contributed by atoms with E-state index in [1.165, 1.54) is 12.8 Å². The molecule has 0 bridgehead atoms. The van der Waals surface area contributed by atoms with Crippen molar-refractivity contribution in [1.29, 1.82) is 0 Å². The van der Waals surface area contributed by atoms with Crippen LogP contribution < -0.4 is 5.32 Å². The molecule has 2 heterocycles. The zero-order valence-corrected chi connectivity index (χ0v) is 11.4. The molecule has 1 unspecified atom stereocenters. The Morgan fingerprint density at radius 1 is 1.56 bits per heavy atom. The van der Waals surface area contributed by atoms with E-state index >= 15 is 0 Å². The molecule has 0 saturated carbocycles. The van der Waals surface area contributed by atoms with Gasteiger partial charge in [0.1, 0.15) is 0 Å². The van der Waals surface area contributed by atoms with Gasteiger partial charge in [0.15, 0.2) is 0 Å². The normalized spacial score (nSPS) is 19.4. The van der Waals surface area contributed by atoms with Gasteiger partial charge in [0.25, 0.3) is 0 Å². The molecule has 0 amide bonds. The Labute approximate surface area is 109 Å². The van der Waals surface area contributed by atoms with Crippen molar-refractivity contribution in [3.8, 4) is 0 Å². The molecule has 1 atom stereocenters. The van der Waals surface area contributed by atoms with Gasteiger partial charge in [0.05, 0.1) is 11.8 Å². The molecular formula is C14H23N3O. The minimum atomic E-state index is 0.409. The van der Waals surface area contributed by atoms with E-state index in [0.717, 1.165) is 37.6 Å². The summed E-state index contributed by atoms with van der Waals surface area (Å²) in [4.78, 5) is 6.70. The fourth-order valence-corrected chi connectivity index (χ4v) is 2.36. The van der Waals surface area contributed by atoms with Crippen molar-refractivity contribution in [1.82, 2.24) is 9.88 Å². The lowest BCUT2D eigenvalue weighted by Crippen LogP contribution is -2.28. The van der Waals surface area contributed by atoms with Gasteiger partial charge in [-0.1, -0.05) is 0 Å². The fourth-order valence-electron chi connectivity index (χ4n) is 2.36. The molecule has 1 aromatic rings. The maximum atomic E-state index is 5.65. The Balaban J connectivity index is 1.85. The number of hydrogen-bond donors (Lipinski definition) is 1. The molecule has 2 rings (SSSR count). The third kappa shape index (κ3) is 3.96. The van der Waals surface area contributed by atoms with E-state index in [1.807, 2.05) is 12.3 Å². The van der Waals surface area contributed by atoms with Gasteiger partial charge in [-0.15, -0.1) is 0 Å². The first kappa shape index (κ1) is 13.3. The lowest BCUT2D eigenvalue weighted by Gasteiger charge is -2.20. The molecule has 1 aromatic heterocycles. The van der Waals surface area contributed by atoms with Crippen LogP contribution in [0.3, 0.4) is 0 Å². The van der Waals surface area contributed by atoms with Gasteiger partial charge < -0.3 is 10.1 Å². The van der Waals surface area contributed by atoms with Crippen LogP contribution in [-0.2, 0) is 11.3 Å². The molecule has 0 aromatic carbocycles. The summed E-state index contributed by atoms with van der Waals surface area (Å²) in [6.07, 6.45) is 4.67. The van der Waals surface area contributed by atoms with E-state index in [1.54, 1.807) is 0 Å². The summed E-state index contributed by atoms with van der Waals surface area (Å²) in [7, 11) is 2.13. The van der Waals surface area contributed by atoms with E-state index < -0.39 is 0 Å². The van der Waals surface area contributed by atoms with Crippen LogP contribution in [-0.4, -0.2) is 42.7 Å². The largest absolute Gasteiger partial charge is 0.385 e. The fraction of sp³-hybridized carbons (Fsp3) is 0.643. The molecule has 0 aliphatic carbocycles. The average Bonchev–Trinajstić information content (AvgIpc) is 2.82. The first-order chi connectivity index (χ1) is 8.78. The summed E-state index contributed by atoms with van der Waals surface area (Å²) < 4.78 is 5.65. The third-order valence-corrected chi connectivity index (χ3v) is 3.17. The van der Waals surface area contributed by atoms with E-state index in [-0.39, 0.29) is 0 Å². The van der Waals surface area contributed by atoms with E-state index in [9.17, 15) is 0 Å². The molecule has 18 heavy (non-hydrogen) atoms. The van der Waals surface area contributed by atoms with Crippen LogP contribution in [0.25, 0.3) is 0 Å². The van der Waals surface area contributed by atoms with Gasteiger partial charge in [0, 0.05) is 38.1 Å². The highest BCUT2D eigenvalue weighted by Gasteiger charge is 2.17. The Morgan fingerprint density at radius 2 is 2.44 bits per heavy atom. The second kappa shape index (κ2) is 6.71. The number of pyridine rings is 1. The predicted octanol–water partition coefficient (Wildman–Crippen LogP) is 2.12. The number of nitrogens with zero attached hydrogens (tertiary/aromatic N) is 2. The minimum Gasteiger partial charge on any atom is -0.385 e. The number of aromatic nitrogens is 1. The summed E-state index contributed by atoms with van der Waals surface area (Å²) in [5, 5.41) is 3.31. The van der Waals surface area contributed by atoms with Crippen molar-refractivity contribution < 1.29 is 4.74 Å².